The van der Waals surface area contributed by atoms with Crippen molar-refractivity contribution in [1.82, 2.24) is 5.32 Å². The molecule has 6 nitrogen and oxygen atoms in total. The zero-order valence-corrected chi connectivity index (χ0v) is 25.4. The van der Waals surface area contributed by atoms with Gasteiger partial charge >= 0.3 is 0 Å². The number of aryl methyl sites for hydroxylation is 1. The fraction of sp³-hybridized carbons (Fsp3) is 0.108. The van der Waals surface area contributed by atoms with E-state index in [1.54, 1.807) is 36.4 Å². The van der Waals surface area contributed by atoms with Gasteiger partial charge in [0.15, 0.2) is 0 Å². The number of carbonyl (C=O) groups excluding carboxylic acids is 3. The molecule has 5 aromatic carbocycles. The van der Waals surface area contributed by atoms with Gasteiger partial charge in [-0.3, -0.25) is 14.4 Å². The molecule has 0 spiro atoms. The molecule has 220 valence electrons. The fourth-order valence-electron chi connectivity index (χ4n) is 4.73. The average Bonchev–Trinajstić information content (AvgIpc) is 3.05. The molecular formula is C37H33N3O3S. The quantitative estimate of drug-likeness (QED) is 0.112. The summed E-state index contributed by atoms with van der Waals surface area (Å²) in [4.78, 5) is 40.7. The lowest BCUT2D eigenvalue weighted by Crippen LogP contribution is -2.30. The molecule has 0 saturated heterocycles. The van der Waals surface area contributed by atoms with Crippen molar-refractivity contribution in [2.45, 2.75) is 30.4 Å². The molecule has 1 unspecified atom stereocenters. The molecule has 0 fully saturated rings. The number of hydrogen-bond donors (Lipinski definition) is 3. The van der Waals surface area contributed by atoms with Crippen molar-refractivity contribution in [1.29, 1.82) is 0 Å². The molecule has 0 aliphatic rings. The van der Waals surface area contributed by atoms with Crippen LogP contribution >= 0.6 is 11.8 Å². The summed E-state index contributed by atoms with van der Waals surface area (Å²) < 4.78 is 0. The van der Waals surface area contributed by atoms with Crippen molar-refractivity contribution >= 4 is 57.7 Å². The molecule has 0 radical (unpaired) electrons. The first kappa shape index (κ1) is 30.3. The van der Waals surface area contributed by atoms with Gasteiger partial charge in [0.25, 0.3) is 11.8 Å². The Balaban J connectivity index is 1.32. The van der Waals surface area contributed by atoms with E-state index in [0.29, 0.717) is 17.7 Å². The van der Waals surface area contributed by atoms with Gasteiger partial charge in [-0.25, -0.2) is 0 Å². The number of amides is 3. The third-order valence-electron chi connectivity index (χ3n) is 7.10. The Kier molecular flexibility index (Phi) is 9.89. The average molecular weight is 600 g/mol. The van der Waals surface area contributed by atoms with Gasteiger partial charge in [0.1, 0.15) is 5.70 Å². The largest absolute Gasteiger partial charge is 0.325 e. The van der Waals surface area contributed by atoms with Crippen molar-refractivity contribution in [3.8, 4) is 0 Å². The first-order chi connectivity index (χ1) is 21.4. The lowest BCUT2D eigenvalue weighted by Gasteiger charge is -2.17. The monoisotopic (exact) mass is 599 g/mol. The maximum absolute atomic E-state index is 13.5. The van der Waals surface area contributed by atoms with Gasteiger partial charge in [-0.1, -0.05) is 91.9 Å². The van der Waals surface area contributed by atoms with E-state index in [0.717, 1.165) is 32.5 Å². The molecule has 0 bridgehead atoms. The fourth-order valence-corrected chi connectivity index (χ4v) is 5.74. The number of anilines is 2. The molecule has 5 aromatic rings. The predicted molar refractivity (Wildman–Crippen MR) is 181 cm³/mol. The summed E-state index contributed by atoms with van der Waals surface area (Å²) >= 11 is 1.44. The second kappa shape index (κ2) is 14.4. The van der Waals surface area contributed by atoms with Crippen LogP contribution in [0, 0.1) is 6.92 Å². The van der Waals surface area contributed by atoms with Crippen LogP contribution in [0.15, 0.2) is 132 Å². The molecule has 3 amide bonds. The zero-order valence-electron chi connectivity index (χ0n) is 24.5. The van der Waals surface area contributed by atoms with Crippen LogP contribution in [-0.4, -0.2) is 23.0 Å². The molecule has 7 heteroatoms. The minimum Gasteiger partial charge on any atom is -0.325 e. The Morgan fingerprint density at radius 2 is 1.48 bits per heavy atom. The van der Waals surface area contributed by atoms with E-state index in [1.807, 2.05) is 105 Å². The molecule has 0 aliphatic heterocycles. The van der Waals surface area contributed by atoms with E-state index in [1.165, 1.54) is 11.8 Å². The highest BCUT2D eigenvalue weighted by Crippen LogP contribution is 2.30. The standard InChI is InChI=1S/C37H33N3O3S/c1-3-34(37(43)39-32-22-11-18-26-14-9-10-21-31(26)32)44-30-20-12-19-29(24-30)38-36(42)33(23-28-17-8-7-13-25(28)2)40-35(41)27-15-5-4-6-16-27/h4-24,34H,3H2,1-2H3,(H,38,42)(H,39,43)(H,40,41)/b33-23-. The topological polar surface area (TPSA) is 87.3 Å². The Morgan fingerprint density at radius 1 is 0.773 bits per heavy atom. The summed E-state index contributed by atoms with van der Waals surface area (Å²) in [6, 6.07) is 37.6. The Labute approximate surface area is 261 Å². The lowest BCUT2D eigenvalue weighted by atomic mass is 10.1. The van der Waals surface area contributed by atoms with Crippen LogP contribution in [0.3, 0.4) is 0 Å². The van der Waals surface area contributed by atoms with E-state index < -0.39 is 5.91 Å². The summed E-state index contributed by atoms with van der Waals surface area (Å²) in [5.74, 6) is -0.927. The van der Waals surface area contributed by atoms with Crippen LogP contribution in [-0.2, 0) is 9.59 Å². The third kappa shape index (κ3) is 7.62. The number of fused-ring (bicyclic) bond motifs is 1. The van der Waals surface area contributed by atoms with Gasteiger partial charge in [-0.05, 0) is 72.3 Å². The maximum atomic E-state index is 13.5. The lowest BCUT2D eigenvalue weighted by molar-refractivity contribution is -0.116. The zero-order chi connectivity index (χ0) is 30.9. The molecule has 3 N–H and O–H groups in total. The van der Waals surface area contributed by atoms with Gasteiger partial charge in [0.2, 0.25) is 5.91 Å². The highest BCUT2D eigenvalue weighted by atomic mass is 32.2. The van der Waals surface area contributed by atoms with Crippen LogP contribution in [0.2, 0.25) is 0 Å². The third-order valence-corrected chi connectivity index (χ3v) is 8.46. The van der Waals surface area contributed by atoms with Crippen molar-refractivity contribution in [2.75, 3.05) is 10.6 Å². The minimum absolute atomic E-state index is 0.0876. The molecule has 1 atom stereocenters. The minimum atomic E-state index is -0.458. The van der Waals surface area contributed by atoms with E-state index in [4.69, 9.17) is 0 Å². The number of thioether (sulfide) groups is 1. The second-order valence-electron chi connectivity index (χ2n) is 10.2. The first-order valence-corrected chi connectivity index (χ1v) is 15.3. The summed E-state index contributed by atoms with van der Waals surface area (Å²) in [5, 5.41) is 10.5. The highest BCUT2D eigenvalue weighted by molar-refractivity contribution is 8.00. The number of benzene rings is 5. The number of hydrogen-bond acceptors (Lipinski definition) is 4. The summed E-state index contributed by atoms with van der Waals surface area (Å²) in [6.07, 6.45) is 2.29. The van der Waals surface area contributed by atoms with Crippen LogP contribution in [0.4, 0.5) is 11.4 Å². The van der Waals surface area contributed by atoms with Gasteiger partial charge in [0.05, 0.1) is 5.25 Å². The summed E-state index contributed by atoms with van der Waals surface area (Å²) in [5.41, 5.74) is 3.68. The van der Waals surface area contributed by atoms with Crippen LogP contribution in [0.1, 0.15) is 34.8 Å². The number of rotatable bonds is 10. The predicted octanol–water partition coefficient (Wildman–Crippen LogP) is 8.07. The van der Waals surface area contributed by atoms with Crippen molar-refractivity contribution in [2.24, 2.45) is 0 Å². The Morgan fingerprint density at radius 3 is 2.27 bits per heavy atom. The van der Waals surface area contributed by atoms with Gasteiger partial charge in [-0.2, -0.15) is 0 Å². The Hall–Kier alpha value is -5.14. The second-order valence-corrected chi connectivity index (χ2v) is 11.5. The van der Waals surface area contributed by atoms with Crippen LogP contribution in [0.5, 0.6) is 0 Å². The summed E-state index contributed by atoms with van der Waals surface area (Å²) in [6.45, 7) is 3.92. The van der Waals surface area contributed by atoms with Crippen molar-refractivity contribution < 1.29 is 14.4 Å². The first-order valence-electron chi connectivity index (χ1n) is 14.4. The highest BCUT2D eigenvalue weighted by Gasteiger charge is 2.20. The molecule has 0 heterocycles. The van der Waals surface area contributed by atoms with Crippen LogP contribution in [0.25, 0.3) is 16.8 Å². The molecule has 0 aliphatic carbocycles. The molecule has 5 rings (SSSR count). The molecule has 0 aromatic heterocycles. The van der Waals surface area contributed by atoms with Crippen molar-refractivity contribution in [3.05, 3.63) is 144 Å². The van der Waals surface area contributed by atoms with E-state index >= 15 is 0 Å². The Bertz CT molecular complexity index is 1830. The smallest absolute Gasteiger partial charge is 0.272 e. The number of nitrogens with one attached hydrogen (secondary N) is 3. The van der Waals surface area contributed by atoms with Crippen LogP contribution < -0.4 is 16.0 Å². The maximum Gasteiger partial charge on any atom is 0.272 e. The van der Waals surface area contributed by atoms with E-state index in [-0.39, 0.29) is 22.8 Å². The summed E-state index contributed by atoms with van der Waals surface area (Å²) in [7, 11) is 0. The van der Waals surface area contributed by atoms with Gasteiger partial charge < -0.3 is 16.0 Å². The van der Waals surface area contributed by atoms with Gasteiger partial charge in [0, 0.05) is 27.2 Å². The molecule has 44 heavy (non-hydrogen) atoms. The SMILES string of the molecule is CCC(Sc1cccc(NC(=O)/C(=C/c2ccccc2C)NC(=O)c2ccccc2)c1)C(=O)Nc1cccc2ccccc12. The molecular weight excluding hydrogens is 566 g/mol. The van der Waals surface area contributed by atoms with Gasteiger partial charge in [-0.15, -0.1) is 11.8 Å². The van der Waals surface area contributed by atoms with E-state index in [2.05, 4.69) is 16.0 Å². The van der Waals surface area contributed by atoms with E-state index in [9.17, 15) is 14.4 Å². The normalized spacial score (nSPS) is 11.9. The van der Waals surface area contributed by atoms with Crippen molar-refractivity contribution in [3.63, 3.8) is 0 Å². The number of carbonyl (C=O) groups is 3. The molecule has 0 saturated carbocycles.